The van der Waals surface area contributed by atoms with Crippen molar-refractivity contribution in [3.05, 3.63) is 18.2 Å². The van der Waals surface area contributed by atoms with Crippen molar-refractivity contribution in [1.82, 2.24) is 9.88 Å². The smallest absolute Gasteiger partial charge is 0.186 e. The summed E-state index contributed by atoms with van der Waals surface area (Å²) in [7, 11) is 2.15. The molecule has 1 fully saturated rings. The van der Waals surface area contributed by atoms with Crippen molar-refractivity contribution in [1.29, 1.82) is 0 Å². The molecule has 0 saturated carbocycles. The summed E-state index contributed by atoms with van der Waals surface area (Å²) in [5.41, 5.74) is 1.95. The maximum Gasteiger partial charge on any atom is 0.186 e. The first-order valence-electron chi connectivity index (χ1n) is 7.52. The Morgan fingerprint density at radius 3 is 2.82 bits per heavy atom. The van der Waals surface area contributed by atoms with Gasteiger partial charge in [-0.05, 0) is 25.2 Å². The first-order valence-corrected chi connectivity index (χ1v) is 8.34. The Morgan fingerprint density at radius 2 is 2.09 bits per heavy atom. The molecule has 1 unspecified atom stereocenters. The molecule has 1 aromatic carbocycles. The summed E-state index contributed by atoms with van der Waals surface area (Å²) in [5.74, 6) is 0. The van der Waals surface area contributed by atoms with E-state index in [1.54, 1.807) is 11.3 Å². The number of likely N-dealkylation sites (N-methyl/N-ethyl adjacent to an activating group) is 1. The van der Waals surface area contributed by atoms with Gasteiger partial charge in [-0.3, -0.25) is 0 Å². The Bertz CT molecular complexity index is 625. The first kappa shape index (κ1) is 15.5. The highest BCUT2D eigenvalue weighted by Crippen LogP contribution is 2.31. The van der Waals surface area contributed by atoms with E-state index in [1.807, 2.05) is 12.1 Å². The Labute approximate surface area is 134 Å². The normalized spacial score (nSPS) is 17.9. The number of rotatable bonds is 5. The molecule has 0 spiro atoms. The molecular weight excluding hydrogens is 300 g/mol. The van der Waals surface area contributed by atoms with E-state index in [0.29, 0.717) is 6.54 Å². The SMILES string of the molecule is CN1CCN(c2nc3ccc(NCC(O)CO)cc3s2)CC1. The topological polar surface area (TPSA) is 71.9 Å². The number of piperazine rings is 1. The van der Waals surface area contributed by atoms with E-state index in [9.17, 15) is 5.11 Å². The second-order valence-corrected chi connectivity index (χ2v) is 6.70. The minimum absolute atomic E-state index is 0.233. The minimum atomic E-state index is -0.738. The maximum atomic E-state index is 9.40. The van der Waals surface area contributed by atoms with E-state index in [0.717, 1.165) is 47.2 Å². The predicted octanol–water partition coefficient (Wildman–Crippen LogP) is 0.813. The van der Waals surface area contributed by atoms with Crippen molar-refractivity contribution in [2.24, 2.45) is 0 Å². The van der Waals surface area contributed by atoms with Crippen LogP contribution in [0.1, 0.15) is 0 Å². The van der Waals surface area contributed by atoms with Gasteiger partial charge >= 0.3 is 0 Å². The zero-order chi connectivity index (χ0) is 15.5. The van der Waals surface area contributed by atoms with Crippen LogP contribution in [0.25, 0.3) is 10.2 Å². The third-order valence-electron chi connectivity index (χ3n) is 3.90. The molecule has 0 amide bonds. The molecule has 2 aromatic rings. The van der Waals surface area contributed by atoms with Gasteiger partial charge in [-0.25, -0.2) is 4.98 Å². The van der Waals surface area contributed by atoms with Crippen molar-refractivity contribution in [3.63, 3.8) is 0 Å². The molecule has 7 heteroatoms. The van der Waals surface area contributed by atoms with Gasteiger partial charge in [0.15, 0.2) is 5.13 Å². The molecule has 1 atom stereocenters. The third kappa shape index (κ3) is 3.49. The zero-order valence-corrected chi connectivity index (χ0v) is 13.5. The molecule has 3 rings (SSSR count). The van der Waals surface area contributed by atoms with Gasteiger partial charge in [0.1, 0.15) is 0 Å². The summed E-state index contributed by atoms with van der Waals surface area (Å²) in [6, 6.07) is 6.01. The van der Waals surface area contributed by atoms with E-state index < -0.39 is 6.10 Å². The maximum absolute atomic E-state index is 9.40. The monoisotopic (exact) mass is 322 g/mol. The molecule has 1 saturated heterocycles. The Kier molecular flexibility index (Phi) is 4.77. The molecule has 1 aliphatic heterocycles. The summed E-state index contributed by atoms with van der Waals surface area (Å²) in [6.45, 7) is 4.29. The lowest BCUT2D eigenvalue weighted by molar-refractivity contribution is 0.105. The largest absolute Gasteiger partial charge is 0.394 e. The van der Waals surface area contributed by atoms with Crippen LogP contribution >= 0.6 is 11.3 Å². The fourth-order valence-electron chi connectivity index (χ4n) is 2.46. The van der Waals surface area contributed by atoms with E-state index in [2.05, 4.69) is 28.2 Å². The average Bonchev–Trinajstić information content (AvgIpc) is 2.96. The van der Waals surface area contributed by atoms with E-state index >= 15 is 0 Å². The van der Waals surface area contributed by atoms with Crippen LogP contribution in [0.5, 0.6) is 0 Å². The molecule has 0 aliphatic carbocycles. The van der Waals surface area contributed by atoms with Gasteiger partial charge in [0.05, 0.1) is 22.9 Å². The fraction of sp³-hybridized carbons (Fsp3) is 0.533. The van der Waals surface area contributed by atoms with Gasteiger partial charge in [-0.15, -0.1) is 0 Å². The lowest BCUT2D eigenvalue weighted by Gasteiger charge is -2.31. The fourth-order valence-corrected chi connectivity index (χ4v) is 3.51. The van der Waals surface area contributed by atoms with Gasteiger partial charge in [0.2, 0.25) is 0 Å². The van der Waals surface area contributed by atoms with Crippen molar-refractivity contribution in [3.8, 4) is 0 Å². The van der Waals surface area contributed by atoms with Crippen LogP contribution < -0.4 is 10.2 Å². The highest BCUT2D eigenvalue weighted by molar-refractivity contribution is 7.22. The predicted molar refractivity (Wildman–Crippen MR) is 90.9 cm³/mol. The second-order valence-electron chi connectivity index (χ2n) is 5.69. The number of hydrogen-bond donors (Lipinski definition) is 3. The number of anilines is 2. The van der Waals surface area contributed by atoms with Gasteiger partial charge in [-0.2, -0.15) is 0 Å². The van der Waals surface area contributed by atoms with Gasteiger partial charge < -0.3 is 25.3 Å². The van der Waals surface area contributed by atoms with Crippen LogP contribution in [0.3, 0.4) is 0 Å². The van der Waals surface area contributed by atoms with Gasteiger partial charge in [-0.1, -0.05) is 11.3 Å². The number of nitrogens with zero attached hydrogens (tertiary/aromatic N) is 3. The van der Waals surface area contributed by atoms with Crippen LogP contribution in [-0.4, -0.2) is 72.6 Å². The highest BCUT2D eigenvalue weighted by atomic mass is 32.1. The average molecular weight is 322 g/mol. The van der Waals surface area contributed by atoms with Crippen molar-refractivity contribution in [2.75, 3.05) is 56.6 Å². The van der Waals surface area contributed by atoms with Gasteiger partial charge in [0, 0.05) is 38.4 Å². The molecule has 1 aromatic heterocycles. The molecular formula is C15H22N4O2S. The number of aliphatic hydroxyl groups excluding tert-OH is 2. The number of thiazole rings is 1. The lowest BCUT2D eigenvalue weighted by Crippen LogP contribution is -2.44. The molecule has 120 valence electrons. The number of nitrogens with one attached hydrogen (secondary N) is 1. The second kappa shape index (κ2) is 6.78. The minimum Gasteiger partial charge on any atom is -0.394 e. The van der Waals surface area contributed by atoms with Crippen LogP contribution in [0.2, 0.25) is 0 Å². The summed E-state index contributed by atoms with van der Waals surface area (Å²) < 4.78 is 1.14. The van der Waals surface area contributed by atoms with Crippen molar-refractivity contribution < 1.29 is 10.2 Å². The van der Waals surface area contributed by atoms with Gasteiger partial charge in [0.25, 0.3) is 0 Å². The van der Waals surface area contributed by atoms with Crippen LogP contribution in [0, 0.1) is 0 Å². The third-order valence-corrected chi connectivity index (χ3v) is 4.98. The van der Waals surface area contributed by atoms with Crippen LogP contribution in [-0.2, 0) is 0 Å². The van der Waals surface area contributed by atoms with E-state index in [1.165, 1.54) is 0 Å². The Balaban J connectivity index is 1.72. The number of aromatic nitrogens is 1. The number of hydrogen-bond acceptors (Lipinski definition) is 7. The molecule has 0 radical (unpaired) electrons. The molecule has 2 heterocycles. The molecule has 1 aliphatic rings. The van der Waals surface area contributed by atoms with Crippen LogP contribution in [0.15, 0.2) is 18.2 Å². The Morgan fingerprint density at radius 1 is 1.32 bits per heavy atom. The zero-order valence-electron chi connectivity index (χ0n) is 12.7. The number of aliphatic hydroxyl groups is 2. The summed E-state index contributed by atoms with van der Waals surface area (Å²) in [6.07, 6.45) is -0.738. The lowest BCUT2D eigenvalue weighted by atomic mass is 10.3. The van der Waals surface area contributed by atoms with Crippen molar-refractivity contribution >= 4 is 32.4 Å². The molecule has 6 nitrogen and oxygen atoms in total. The van der Waals surface area contributed by atoms with Crippen LogP contribution in [0.4, 0.5) is 10.8 Å². The van der Waals surface area contributed by atoms with Crippen molar-refractivity contribution in [2.45, 2.75) is 6.10 Å². The summed E-state index contributed by atoms with van der Waals surface area (Å²) in [5, 5.41) is 22.4. The highest BCUT2D eigenvalue weighted by Gasteiger charge is 2.17. The molecule has 22 heavy (non-hydrogen) atoms. The quantitative estimate of drug-likeness (QED) is 0.757. The standard InChI is InChI=1S/C15H22N4O2S/c1-18-4-6-19(7-5-18)15-17-13-3-2-11(8-14(13)22-15)16-9-12(21)10-20/h2-3,8,12,16,20-21H,4-7,9-10H2,1H3. The molecule has 3 N–H and O–H groups in total. The van der Waals surface area contributed by atoms with E-state index in [-0.39, 0.29) is 6.61 Å². The van der Waals surface area contributed by atoms with E-state index in [4.69, 9.17) is 10.1 Å². The Hall–Kier alpha value is -1.41. The number of fused-ring (bicyclic) bond motifs is 1. The first-order chi connectivity index (χ1) is 10.7. The summed E-state index contributed by atoms with van der Waals surface area (Å²) >= 11 is 1.70. The number of benzene rings is 1. The summed E-state index contributed by atoms with van der Waals surface area (Å²) in [4.78, 5) is 9.39. The molecule has 0 bridgehead atoms.